The van der Waals surface area contributed by atoms with Gasteiger partial charge in [-0.3, -0.25) is 0 Å². The molecule has 2 N–H and O–H groups in total. The van der Waals surface area contributed by atoms with Gasteiger partial charge in [-0.25, -0.2) is 9.59 Å². The number of benzene rings is 2. The Morgan fingerprint density at radius 3 is 2.35 bits per heavy atom. The number of nitrogen functional groups attached to an aromatic ring is 1. The number of hydrogen-bond donors (Lipinski definition) is 1. The van der Waals surface area contributed by atoms with Gasteiger partial charge in [0.25, 0.3) is 0 Å². The highest BCUT2D eigenvalue weighted by Crippen LogP contribution is 2.25. The summed E-state index contributed by atoms with van der Waals surface area (Å²) >= 11 is 0. The first kappa shape index (κ1) is 16.4. The van der Waals surface area contributed by atoms with Crippen LogP contribution in [0, 0.1) is 0 Å². The zero-order valence-electron chi connectivity index (χ0n) is 12.8. The number of anilines is 1. The molecular formula is C17H17NO5. The number of methoxy groups -OCH3 is 2. The lowest BCUT2D eigenvalue weighted by atomic mass is 10.1. The highest BCUT2D eigenvalue weighted by Gasteiger charge is 2.27. The molecule has 2 rings (SSSR count). The SMILES string of the molecule is COC(=O)C(OC(=O)c1cc(OC)ccc1N)c1ccccc1. The minimum Gasteiger partial charge on any atom is -0.497 e. The van der Waals surface area contributed by atoms with Gasteiger partial charge in [-0.05, 0) is 18.2 Å². The maximum absolute atomic E-state index is 12.4. The van der Waals surface area contributed by atoms with Crippen molar-refractivity contribution in [1.82, 2.24) is 0 Å². The van der Waals surface area contributed by atoms with Gasteiger partial charge in [-0.2, -0.15) is 0 Å². The first-order chi connectivity index (χ1) is 11.1. The summed E-state index contributed by atoms with van der Waals surface area (Å²) in [6, 6.07) is 13.2. The van der Waals surface area contributed by atoms with E-state index in [-0.39, 0.29) is 11.3 Å². The summed E-state index contributed by atoms with van der Waals surface area (Å²) in [5.74, 6) is -0.952. The van der Waals surface area contributed by atoms with Crippen LogP contribution in [0.5, 0.6) is 5.75 Å². The fourth-order valence-electron chi connectivity index (χ4n) is 2.00. The van der Waals surface area contributed by atoms with Crippen LogP contribution in [-0.2, 0) is 14.3 Å². The molecule has 2 aromatic rings. The van der Waals surface area contributed by atoms with E-state index in [0.717, 1.165) is 0 Å². The van der Waals surface area contributed by atoms with Crippen molar-refractivity contribution >= 4 is 17.6 Å². The van der Waals surface area contributed by atoms with Crippen molar-refractivity contribution in [2.45, 2.75) is 6.10 Å². The van der Waals surface area contributed by atoms with Gasteiger partial charge in [0, 0.05) is 11.3 Å². The quantitative estimate of drug-likeness (QED) is 0.673. The van der Waals surface area contributed by atoms with Crippen molar-refractivity contribution in [3.8, 4) is 5.75 Å². The zero-order valence-corrected chi connectivity index (χ0v) is 12.8. The van der Waals surface area contributed by atoms with Gasteiger partial charge in [0.05, 0.1) is 19.8 Å². The summed E-state index contributed by atoms with van der Waals surface area (Å²) in [5, 5.41) is 0. The maximum Gasteiger partial charge on any atom is 0.351 e. The Labute approximate surface area is 133 Å². The average Bonchev–Trinajstić information content (AvgIpc) is 2.60. The number of hydrogen-bond acceptors (Lipinski definition) is 6. The van der Waals surface area contributed by atoms with Gasteiger partial charge in [0.2, 0.25) is 6.10 Å². The molecule has 0 aromatic heterocycles. The minimum absolute atomic E-state index is 0.120. The summed E-state index contributed by atoms with van der Waals surface area (Å²) in [6.45, 7) is 0. The molecule has 0 spiro atoms. The number of carbonyl (C=O) groups excluding carboxylic acids is 2. The van der Waals surface area contributed by atoms with Gasteiger partial charge >= 0.3 is 11.9 Å². The van der Waals surface area contributed by atoms with Crippen LogP contribution < -0.4 is 10.5 Å². The lowest BCUT2D eigenvalue weighted by Crippen LogP contribution is -2.21. The Balaban J connectivity index is 2.30. The van der Waals surface area contributed by atoms with E-state index in [1.165, 1.54) is 26.4 Å². The summed E-state index contributed by atoms with van der Waals surface area (Å²) in [7, 11) is 2.70. The van der Waals surface area contributed by atoms with Crippen LogP contribution in [0.2, 0.25) is 0 Å². The highest BCUT2D eigenvalue weighted by molar-refractivity contribution is 5.97. The molecule has 0 saturated heterocycles. The molecule has 0 heterocycles. The molecular weight excluding hydrogens is 298 g/mol. The summed E-state index contributed by atoms with van der Waals surface area (Å²) in [5.41, 5.74) is 6.65. The van der Waals surface area contributed by atoms with E-state index in [9.17, 15) is 9.59 Å². The fraction of sp³-hybridized carbons (Fsp3) is 0.176. The van der Waals surface area contributed by atoms with Crippen LogP contribution in [0.25, 0.3) is 0 Å². The summed E-state index contributed by atoms with van der Waals surface area (Å²) in [4.78, 5) is 24.3. The van der Waals surface area contributed by atoms with Crippen LogP contribution >= 0.6 is 0 Å². The van der Waals surface area contributed by atoms with Crippen LogP contribution in [0.15, 0.2) is 48.5 Å². The van der Waals surface area contributed by atoms with Crippen LogP contribution in [-0.4, -0.2) is 26.2 Å². The second kappa shape index (κ2) is 7.31. The van der Waals surface area contributed by atoms with E-state index < -0.39 is 18.0 Å². The fourth-order valence-corrected chi connectivity index (χ4v) is 2.00. The molecule has 6 heteroatoms. The van der Waals surface area contributed by atoms with Crippen molar-refractivity contribution in [3.05, 3.63) is 59.7 Å². The van der Waals surface area contributed by atoms with Gasteiger partial charge in [0.15, 0.2) is 0 Å². The van der Waals surface area contributed by atoms with Crippen molar-refractivity contribution in [3.63, 3.8) is 0 Å². The Morgan fingerprint density at radius 1 is 1.04 bits per heavy atom. The van der Waals surface area contributed by atoms with E-state index in [4.69, 9.17) is 19.9 Å². The topological polar surface area (TPSA) is 87.8 Å². The number of esters is 2. The molecule has 120 valence electrons. The smallest absolute Gasteiger partial charge is 0.351 e. The first-order valence-corrected chi connectivity index (χ1v) is 6.84. The average molecular weight is 315 g/mol. The number of nitrogens with two attached hydrogens (primary N) is 1. The van der Waals surface area contributed by atoms with Crippen LogP contribution in [0.1, 0.15) is 22.0 Å². The second-order valence-corrected chi connectivity index (χ2v) is 4.67. The third-order valence-corrected chi connectivity index (χ3v) is 3.22. The molecule has 0 amide bonds. The second-order valence-electron chi connectivity index (χ2n) is 4.67. The highest BCUT2D eigenvalue weighted by atomic mass is 16.6. The predicted octanol–water partition coefficient (Wildman–Crippen LogP) is 2.35. The Kier molecular flexibility index (Phi) is 5.19. The molecule has 0 aliphatic carbocycles. The molecule has 6 nitrogen and oxygen atoms in total. The largest absolute Gasteiger partial charge is 0.497 e. The molecule has 0 fully saturated rings. The van der Waals surface area contributed by atoms with Crippen LogP contribution in [0.4, 0.5) is 5.69 Å². The van der Waals surface area contributed by atoms with E-state index in [1.54, 1.807) is 36.4 Å². The van der Waals surface area contributed by atoms with Crippen LogP contribution in [0.3, 0.4) is 0 Å². The number of ether oxygens (including phenoxy) is 3. The maximum atomic E-state index is 12.4. The van der Waals surface area contributed by atoms with Gasteiger partial charge in [0.1, 0.15) is 5.75 Å². The molecule has 0 aliphatic rings. The molecule has 23 heavy (non-hydrogen) atoms. The third kappa shape index (κ3) is 3.79. The van der Waals surface area contributed by atoms with E-state index >= 15 is 0 Å². The standard InChI is InChI=1S/C17H17NO5/c1-21-12-8-9-14(18)13(10-12)16(19)23-15(17(20)22-2)11-6-4-3-5-7-11/h3-10,15H,18H2,1-2H3. The van der Waals surface area contributed by atoms with Gasteiger partial charge in [-0.15, -0.1) is 0 Å². The molecule has 1 atom stereocenters. The molecule has 2 aromatic carbocycles. The molecule has 0 aliphatic heterocycles. The van der Waals surface area contributed by atoms with Gasteiger partial charge in [-0.1, -0.05) is 30.3 Å². The summed E-state index contributed by atoms with van der Waals surface area (Å²) in [6.07, 6.45) is -1.17. The minimum atomic E-state index is -1.17. The monoisotopic (exact) mass is 315 g/mol. The molecule has 0 bridgehead atoms. The Morgan fingerprint density at radius 2 is 1.74 bits per heavy atom. The number of carbonyl (C=O) groups is 2. The first-order valence-electron chi connectivity index (χ1n) is 6.84. The van der Waals surface area contributed by atoms with E-state index in [1.807, 2.05) is 0 Å². The van der Waals surface area contributed by atoms with E-state index in [0.29, 0.717) is 11.3 Å². The van der Waals surface area contributed by atoms with E-state index in [2.05, 4.69) is 0 Å². The van der Waals surface area contributed by atoms with Crippen molar-refractivity contribution in [2.75, 3.05) is 20.0 Å². The third-order valence-electron chi connectivity index (χ3n) is 3.22. The lowest BCUT2D eigenvalue weighted by molar-refractivity contribution is -0.151. The lowest BCUT2D eigenvalue weighted by Gasteiger charge is -2.17. The van der Waals surface area contributed by atoms with Crippen molar-refractivity contribution in [1.29, 1.82) is 0 Å². The zero-order chi connectivity index (χ0) is 16.8. The van der Waals surface area contributed by atoms with Gasteiger partial charge < -0.3 is 19.9 Å². The Hall–Kier alpha value is -3.02. The predicted molar refractivity (Wildman–Crippen MR) is 84.0 cm³/mol. The van der Waals surface area contributed by atoms with Crippen molar-refractivity contribution < 1.29 is 23.8 Å². The van der Waals surface area contributed by atoms with Crippen molar-refractivity contribution in [2.24, 2.45) is 0 Å². The number of rotatable bonds is 5. The Bertz CT molecular complexity index is 699. The summed E-state index contributed by atoms with van der Waals surface area (Å²) < 4.78 is 15.1. The molecule has 0 radical (unpaired) electrons. The molecule has 1 unspecified atom stereocenters. The molecule has 0 saturated carbocycles. The normalized spacial score (nSPS) is 11.4.